The fraction of sp³-hybridized carbons (Fsp3) is 1.00. The molecule has 2 heterocycles. The molecule has 1 unspecified atom stereocenters. The molecule has 0 aromatic carbocycles. The molecule has 0 amide bonds. The number of ether oxygens (including phenoxy) is 1. The van der Waals surface area contributed by atoms with Gasteiger partial charge < -0.3 is 15.0 Å². The Labute approximate surface area is 86.8 Å². The Morgan fingerprint density at radius 2 is 2.14 bits per heavy atom. The van der Waals surface area contributed by atoms with Gasteiger partial charge in [0.2, 0.25) is 0 Å². The maximum absolute atomic E-state index is 5.77. The molecule has 0 bridgehead atoms. The molecule has 14 heavy (non-hydrogen) atoms. The highest BCUT2D eigenvalue weighted by molar-refractivity contribution is 4.71. The molecule has 0 aliphatic carbocycles. The Balaban J connectivity index is 1.46. The van der Waals surface area contributed by atoms with E-state index in [2.05, 4.69) is 10.2 Å². The van der Waals surface area contributed by atoms with Gasteiger partial charge in [-0.05, 0) is 45.3 Å². The summed E-state index contributed by atoms with van der Waals surface area (Å²) >= 11 is 0. The first-order valence-corrected chi connectivity index (χ1v) is 6.00. The summed E-state index contributed by atoms with van der Waals surface area (Å²) in [7, 11) is 0. The van der Waals surface area contributed by atoms with Gasteiger partial charge in [0.05, 0.1) is 6.10 Å². The molecule has 0 saturated carbocycles. The summed E-state index contributed by atoms with van der Waals surface area (Å²) in [6.45, 7) is 7.00. The van der Waals surface area contributed by atoms with Gasteiger partial charge in [-0.3, -0.25) is 0 Å². The average Bonchev–Trinajstić information content (AvgIpc) is 2.86. The zero-order valence-electron chi connectivity index (χ0n) is 9.00. The molecule has 1 N–H and O–H groups in total. The van der Waals surface area contributed by atoms with Crippen LogP contribution in [-0.4, -0.2) is 50.3 Å². The van der Waals surface area contributed by atoms with E-state index in [4.69, 9.17) is 4.74 Å². The van der Waals surface area contributed by atoms with Crippen LogP contribution in [0.25, 0.3) is 0 Å². The molecule has 2 fully saturated rings. The second kappa shape index (κ2) is 5.69. The topological polar surface area (TPSA) is 24.5 Å². The van der Waals surface area contributed by atoms with Crippen molar-refractivity contribution in [2.45, 2.75) is 31.8 Å². The molecule has 3 nitrogen and oxygen atoms in total. The van der Waals surface area contributed by atoms with Crippen LogP contribution in [0.15, 0.2) is 0 Å². The van der Waals surface area contributed by atoms with Gasteiger partial charge in [0, 0.05) is 19.7 Å². The minimum absolute atomic E-state index is 0.494. The maximum atomic E-state index is 5.77. The summed E-state index contributed by atoms with van der Waals surface area (Å²) in [6.07, 6.45) is 5.69. The first kappa shape index (κ1) is 10.4. The molecule has 0 radical (unpaired) electrons. The van der Waals surface area contributed by atoms with Crippen molar-refractivity contribution in [2.75, 3.05) is 39.3 Å². The smallest absolute Gasteiger partial charge is 0.0711 e. The Kier molecular flexibility index (Phi) is 4.22. The maximum Gasteiger partial charge on any atom is 0.0711 e. The van der Waals surface area contributed by atoms with Gasteiger partial charge in [-0.25, -0.2) is 0 Å². The summed E-state index contributed by atoms with van der Waals surface area (Å²) in [5, 5.41) is 3.32. The zero-order valence-corrected chi connectivity index (χ0v) is 9.00. The van der Waals surface area contributed by atoms with Crippen LogP contribution in [0, 0.1) is 0 Å². The van der Waals surface area contributed by atoms with Crippen LogP contribution in [0.4, 0.5) is 0 Å². The second-order valence-electron chi connectivity index (χ2n) is 4.39. The molecule has 1 atom stereocenters. The minimum atomic E-state index is 0.494. The fourth-order valence-corrected chi connectivity index (χ4v) is 2.31. The molecule has 0 aromatic heterocycles. The highest BCUT2D eigenvalue weighted by Crippen LogP contribution is 2.08. The van der Waals surface area contributed by atoms with Crippen LogP contribution in [-0.2, 0) is 4.74 Å². The van der Waals surface area contributed by atoms with Crippen molar-refractivity contribution in [3.8, 4) is 0 Å². The molecule has 82 valence electrons. The molecular weight excluding hydrogens is 176 g/mol. The minimum Gasteiger partial charge on any atom is -0.377 e. The van der Waals surface area contributed by atoms with Crippen molar-refractivity contribution in [2.24, 2.45) is 0 Å². The number of nitrogens with one attached hydrogen (secondary N) is 1. The van der Waals surface area contributed by atoms with Crippen LogP contribution in [0.3, 0.4) is 0 Å². The lowest BCUT2D eigenvalue weighted by Crippen LogP contribution is -2.23. The summed E-state index contributed by atoms with van der Waals surface area (Å²) in [5.41, 5.74) is 0. The number of rotatable bonds is 5. The van der Waals surface area contributed by atoms with Crippen LogP contribution < -0.4 is 5.32 Å². The number of hydrogen-bond donors (Lipinski definition) is 1. The molecule has 3 heteroatoms. The number of likely N-dealkylation sites (tertiary alicyclic amines) is 1. The van der Waals surface area contributed by atoms with E-state index in [1.165, 1.54) is 45.3 Å². The fourth-order valence-electron chi connectivity index (χ4n) is 2.31. The van der Waals surface area contributed by atoms with E-state index in [0.29, 0.717) is 6.10 Å². The molecular formula is C11H22N2O. The van der Waals surface area contributed by atoms with Crippen molar-refractivity contribution in [3.63, 3.8) is 0 Å². The monoisotopic (exact) mass is 198 g/mol. The Morgan fingerprint density at radius 1 is 1.29 bits per heavy atom. The largest absolute Gasteiger partial charge is 0.377 e. The van der Waals surface area contributed by atoms with E-state index in [1.807, 2.05) is 0 Å². The van der Waals surface area contributed by atoms with Crippen LogP contribution in [0.5, 0.6) is 0 Å². The van der Waals surface area contributed by atoms with Gasteiger partial charge in [0.25, 0.3) is 0 Å². The molecule has 0 aromatic rings. The van der Waals surface area contributed by atoms with Crippen molar-refractivity contribution < 1.29 is 4.74 Å². The third-order valence-electron chi connectivity index (χ3n) is 3.19. The van der Waals surface area contributed by atoms with Gasteiger partial charge >= 0.3 is 0 Å². The van der Waals surface area contributed by atoms with Gasteiger partial charge in [-0.15, -0.1) is 0 Å². The van der Waals surface area contributed by atoms with E-state index in [1.54, 1.807) is 0 Å². The predicted octanol–water partition coefficient (Wildman–Crippen LogP) is 0.851. The molecule has 2 aliphatic rings. The van der Waals surface area contributed by atoms with Crippen molar-refractivity contribution in [1.29, 1.82) is 0 Å². The van der Waals surface area contributed by atoms with Crippen molar-refractivity contribution in [1.82, 2.24) is 10.2 Å². The Bertz CT molecular complexity index is 133. The highest BCUT2D eigenvalue weighted by atomic mass is 16.5. The quantitative estimate of drug-likeness (QED) is 0.663. The average molecular weight is 198 g/mol. The third-order valence-corrected chi connectivity index (χ3v) is 3.19. The Morgan fingerprint density at radius 3 is 2.86 bits per heavy atom. The lowest BCUT2D eigenvalue weighted by Gasteiger charge is -2.15. The molecule has 2 saturated heterocycles. The SMILES string of the molecule is C1CCN(CCCOC2CCNC2)C1. The van der Waals surface area contributed by atoms with E-state index < -0.39 is 0 Å². The van der Waals surface area contributed by atoms with Crippen molar-refractivity contribution >= 4 is 0 Å². The Hall–Kier alpha value is -0.120. The first-order valence-electron chi connectivity index (χ1n) is 6.00. The summed E-state index contributed by atoms with van der Waals surface area (Å²) in [6, 6.07) is 0. The lowest BCUT2D eigenvalue weighted by atomic mass is 10.3. The van der Waals surface area contributed by atoms with Gasteiger partial charge in [0.1, 0.15) is 0 Å². The predicted molar refractivity (Wildman–Crippen MR) is 57.5 cm³/mol. The van der Waals surface area contributed by atoms with Crippen molar-refractivity contribution in [3.05, 3.63) is 0 Å². The van der Waals surface area contributed by atoms with E-state index >= 15 is 0 Å². The normalized spacial score (nSPS) is 28.7. The van der Waals surface area contributed by atoms with Crippen LogP contribution in [0.2, 0.25) is 0 Å². The van der Waals surface area contributed by atoms with E-state index in [0.717, 1.165) is 19.7 Å². The third kappa shape index (κ3) is 3.23. The standard InChI is InChI=1S/C11H22N2O/c1-2-7-13(6-1)8-3-9-14-11-4-5-12-10-11/h11-12H,1-10H2. The van der Waals surface area contributed by atoms with Gasteiger partial charge in [0.15, 0.2) is 0 Å². The second-order valence-corrected chi connectivity index (χ2v) is 4.39. The first-order chi connectivity index (χ1) is 6.95. The van der Waals surface area contributed by atoms with Crippen LogP contribution in [0.1, 0.15) is 25.7 Å². The van der Waals surface area contributed by atoms with Gasteiger partial charge in [-0.2, -0.15) is 0 Å². The molecule has 2 rings (SSSR count). The summed E-state index contributed by atoms with van der Waals surface area (Å²) in [5.74, 6) is 0. The van der Waals surface area contributed by atoms with E-state index in [-0.39, 0.29) is 0 Å². The number of nitrogens with zero attached hydrogens (tertiary/aromatic N) is 1. The highest BCUT2D eigenvalue weighted by Gasteiger charge is 2.15. The number of hydrogen-bond acceptors (Lipinski definition) is 3. The summed E-state index contributed by atoms with van der Waals surface area (Å²) in [4.78, 5) is 2.55. The van der Waals surface area contributed by atoms with Gasteiger partial charge in [-0.1, -0.05) is 0 Å². The lowest BCUT2D eigenvalue weighted by molar-refractivity contribution is 0.0610. The van der Waals surface area contributed by atoms with Crippen LogP contribution >= 0.6 is 0 Å². The molecule has 2 aliphatic heterocycles. The van der Waals surface area contributed by atoms with E-state index in [9.17, 15) is 0 Å². The molecule has 0 spiro atoms. The zero-order chi connectivity index (χ0) is 9.64. The summed E-state index contributed by atoms with van der Waals surface area (Å²) < 4.78 is 5.77.